The molecule has 3 rings (SSSR count). The second-order valence-corrected chi connectivity index (χ2v) is 5.20. The largest absolute Gasteiger partial charge is 0.467 e. The van der Waals surface area contributed by atoms with Crippen LogP contribution in [0.4, 0.5) is 11.4 Å². The number of ether oxygens (including phenoxy) is 1. The molecule has 5 nitrogen and oxygen atoms in total. The number of methoxy groups -OCH3 is 1. The molecule has 0 unspecified atom stereocenters. The first-order valence-corrected chi connectivity index (χ1v) is 6.96. The maximum Gasteiger partial charge on any atom is 0.337 e. The molecule has 0 spiro atoms. The number of furan rings is 1. The quantitative estimate of drug-likeness (QED) is 0.676. The van der Waals surface area contributed by atoms with Crippen molar-refractivity contribution in [1.82, 2.24) is 0 Å². The molecular weight excluding hydrogens is 268 g/mol. The highest BCUT2D eigenvalue weighted by Crippen LogP contribution is 2.36. The number of hydrogen-bond donors (Lipinski definition) is 1. The normalized spacial score (nSPS) is 14.0. The minimum atomic E-state index is -0.378. The van der Waals surface area contributed by atoms with Crippen molar-refractivity contribution in [2.45, 2.75) is 25.4 Å². The van der Waals surface area contributed by atoms with Crippen LogP contribution in [-0.4, -0.2) is 19.1 Å². The third-order valence-corrected chi connectivity index (χ3v) is 3.65. The van der Waals surface area contributed by atoms with Crippen molar-refractivity contribution in [2.24, 2.45) is 0 Å². The molecule has 21 heavy (non-hydrogen) atoms. The van der Waals surface area contributed by atoms with Gasteiger partial charge in [0.15, 0.2) is 0 Å². The fourth-order valence-electron chi connectivity index (χ4n) is 2.43. The van der Waals surface area contributed by atoms with Crippen molar-refractivity contribution < 1.29 is 13.9 Å². The molecule has 1 aromatic carbocycles. The molecule has 1 aliphatic rings. The predicted octanol–water partition coefficient (Wildman–Crippen LogP) is 2.82. The van der Waals surface area contributed by atoms with Gasteiger partial charge in [0.05, 0.1) is 36.9 Å². The predicted molar refractivity (Wildman–Crippen MR) is 80.1 cm³/mol. The molecule has 1 saturated carbocycles. The minimum absolute atomic E-state index is 0.378. The molecule has 0 atom stereocenters. The lowest BCUT2D eigenvalue weighted by Crippen LogP contribution is -2.25. The average molecular weight is 286 g/mol. The van der Waals surface area contributed by atoms with E-state index in [2.05, 4.69) is 4.90 Å². The topological polar surface area (TPSA) is 68.7 Å². The van der Waals surface area contributed by atoms with E-state index >= 15 is 0 Å². The van der Waals surface area contributed by atoms with Gasteiger partial charge in [0, 0.05) is 6.04 Å². The van der Waals surface area contributed by atoms with E-state index in [-0.39, 0.29) is 5.97 Å². The maximum absolute atomic E-state index is 11.5. The van der Waals surface area contributed by atoms with Crippen molar-refractivity contribution in [1.29, 1.82) is 0 Å². The van der Waals surface area contributed by atoms with Crippen LogP contribution >= 0.6 is 0 Å². The highest BCUT2D eigenvalue weighted by molar-refractivity contribution is 5.92. The molecule has 0 saturated heterocycles. The van der Waals surface area contributed by atoms with Crippen LogP contribution in [0, 0.1) is 0 Å². The van der Waals surface area contributed by atoms with Crippen LogP contribution in [0.15, 0.2) is 41.0 Å². The molecule has 2 N–H and O–H groups in total. The number of nitrogens with zero attached hydrogens (tertiary/aromatic N) is 1. The van der Waals surface area contributed by atoms with Crippen LogP contribution in [-0.2, 0) is 11.3 Å². The van der Waals surface area contributed by atoms with Gasteiger partial charge in [0.2, 0.25) is 0 Å². The van der Waals surface area contributed by atoms with Gasteiger partial charge in [-0.2, -0.15) is 0 Å². The maximum atomic E-state index is 11.5. The molecule has 0 bridgehead atoms. The molecule has 1 aromatic heterocycles. The summed E-state index contributed by atoms with van der Waals surface area (Å²) < 4.78 is 10.1. The van der Waals surface area contributed by atoms with Gasteiger partial charge < -0.3 is 19.8 Å². The lowest BCUT2D eigenvalue weighted by Gasteiger charge is -2.25. The van der Waals surface area contributed by atoms with E-state index in [0.29, 0.717) is 23.8 Å². The summed E-state index contributed by atoms with van der Waals surface area (Å²) in [4.78, 5) is 13.8. The Kier molecular flexibility index (Phi) is 3.56. The molecular formula is C16H18N2O3. The number of nitrogen functional groups attached to an aromatic ring is 1. The fourth-order valence-corrected chi connectivity index (χ4v) is 2.43. The van der Waals surface area contributed by atoms with Gasteiger partial charge in [-0.3, -0.25) is 0 Å². The Balaban J connectivity index is 1.87. The molecule has 0 radical (unpaired) electrons. The lowest BCUT2D eigenvalue weighted by atomic mass is 10.1. The first kappa shape index (κ1) is 13.5. The number of anilines is 2. The average Bonchev–Trinajstić information content (AvgIpc) is 3.21. The minimum Gasteiger partial charge on any atom is -0.467 e. The van der Waals surface area contributed by atoms with Gasteiger partial charge >= 0.3 is 5.97 Å². The Labute approximate surface area is 123 Å². The van der Waals surface area contributed by atoms with Crippen molar-refractivity contribution in [3.05, 3.63) is 47.9 Å². The summed E-state index contributed by atoms with van der Waals surface area (Å²) in [6.45, 7) is 0.680. The van der Waals surface area contributed by atoms with E-state index in [1.807, 2.05) is 18.2 Å². The van der Waals surface area contributed by atoms with Gasteiger partial charge in [-0.15, -0.1) is 0 Å². The highest BCUT2D eigenvalue weighted by Gasteiger charge is 2.31. The summed E-state index contributed by atoms with van der Waals surface area (Å²) in [5.41, 5.74) is 8.11. The fraction of sp³-hybridized carbons (Fsp3) is 0.312. The zero-order valence-electron chi connectivity index (χ0n) is 11.9. The summed E-state index contributed by atoms with van der Waals surface area (Å²) in [6.07, 6.45) is 3.97. The number of benzene rings is 1. The Morgan fingerprint density at radius 3 is 2.81 bits per heavy atom. The number of hydrogen-bond acceptors (Lipinski definition) is 5. The van der Waals surface area contributed by atoms with Gasteiger partial charge in [-0.05, 0) is 43.2 Å². The Hall–Kier alpha value is -2.43. The van der Waals surface area contributed by atoms with Crippen molar-refractivity contribution >= 4 is 17.3 Å². The van der Waals surface area contributed by atoms with E-state index in [9.17, 15) is 4.79 Å². The number of esters is 1. The second kappa shape index (κ2) is 5.52. The number of carbonyl (C=O) groups is 1. The molecule has 0 amide bonds. The first-order chi connectivity index (χ1) is 10.2. The Morgan fingerprint density at radius 1 is 1.43 bits per heavy atom. The van der Waals surface area contributed by atoms with Crippen molar-refractivity contribution in [3.8, 4) is 0 Å². The van der Waals surface area contributed by atoms with Crippen molar-refractivity contribution in [2.75, 3.05) is 17.7 Å². The van der Waals surface area contributed by atoms with Crippen molar-refractivity contribution in [3.63, 3.8) is 0 Å². The summed E-state index contributed by atoms with van der Waals surface area (Å²) >= 11 is 0. The van der Waals surface area contributed by atoms with Crippen LogP contribution in [0.3, 0.4) is 0 Å². The van der Waals surface area contributed by atoms with Crippen LogP contribution in [0.2, 0.25) is 0 Å². The Bertz CT molecular complexity index is 633. The molecule has 1 aliphatic carbocycles. The smallest absolute Gasteiger partial charge is 0.337 e. The molecule has 5 heteroatoms. The van der Waals surface area contributed by atoms with Crippen LogP contribution in [0.25, 0.3) is 0 Å². The third-order valence-electron chi connectivity index (χ3n) is 3.65. The molecule has 1 fully saturated rings. The second-order valence-electron chi connectivity index (χ2n) is 5.20. The summed E-state index contributed by atoms with van der Waals surface area (Å²) in [5.74, 6) is 0.524. The van der Waals surface area contributed by atoms with Gasteiger partial charge in [0.25, 0.3) is 0 Å². The molecule has 2 aromatic rings. The van der Waals surface area contributed by atoms with Gasteiger partial charge in [-0.1, -0.05) is 0 Å². The number of carbonyl (C=O) groups excluding carboxylic acids is 1. The van der Waals surface area contributed by atoms with Crippen LogP contribution < -0.4 is 10.6 Å². The number of rotatable bonds is 5. The van der Waals surface area contributed by atoms with E-state index in [4.69, 9.17) is 14.9 Å². The zero-order valence-corrected chi connectivity index (χ0v) is 11.9. The van der Waals surface area contributed by atoms with Crippen LogP contribution in [0.5, 0.6) is 0 Å². The van der Waals surface area contributed by atoms with E-state index in [1.165, 1.54) is 7.11 Å². The highest BCUT2D eigenvalue weighted by atomic mass is 16.5. The van der Waals surface area contributed by atoms with E-state index in [1.54, 1.807) is 18.4 Å². The zero-order chi connectivity index (χ0) is 14.8. The summed E-state index contributed by atoms with van der Waals surface area (Å²) in [6, 6.07) is 9.61. The SMILES string of the molecule is COC(=O)c1ccc(N(Cc2ccco2)C2CC2)c(N)c1. The molecule has 1 heterocycles. The molecule has 0 aliphatic heterocycles. The number of nitrogens with two attached hydrogens (primary N) is 1. The molecule has 110 valence electrons. The van der Waals surface area contributed by atoms with E-state index in [0.717, 1.165) is 24.3 Å². The lowest BCUT2D eigenvalue weighted by molar-refractivity contribution is 0.0601. The van der Waals surface area contributed by atoms with Crippen LogP contribution in [0.1, 0.15) is 29.0 Å². The summed E-state index contributed by atoms with van der Waals surface area (Å²) in [7, 11) is 1.36. The summed E-state index contributed by atoms with van der Waals surface area (Å²) in [5, 5.41) is 0. The van der Waals surface area contributed by atoms with Gasteiger partial charge in [-0.25, -0.2) is 4.79 Å². The monoisotopic (exact) mass is 286 g/mol. The Morgan fingerprint density at radius 2 is 2.24 bits per heavy atom. The third kappa shape index (κ3) is 2.86. The standard InChI is InChI=1S/C16H18N2O3/c1-20-16(19)11-4-7-15(14(17)9-11)18(12-5-6-12)10-13-3-2-8-21-13/h2-4,7-9,12H,5-6,10,17H2,1H3. The van der Waals surface area contributed by atoms with E-state index < -0.39 is 0 Å². The first-order valence-electron chi connectivity index (χ1n) is 6.96. The van der Waals surface area contributed by atoms with Gasteiger partial charge in [0.1, 0.15) is 5.76 Å².